The molecule has 0 fully saturated rings. The Morgan fingerprint density at radius 2 is 1.81 bits per heavy atom. The van der Waals surface area contributed by atoms with Crippen molar-refractivity contribution in [2.45, 2.75) is 41.0 Å². The molecule has 1 aromatic heterocycles. The smallest absolute Gasteiger partial charge is 0.257 e. The van der Waals surface area contributed by atoms with Gasteiger partial charge in [0.1, 0.15) is 5.82 Å². The first-order valence-electron chi connectivity index (χ1n) is 10.3. The van der Waals surface area contributed by atoms with Gasteiger partial charge in [-0.1, -0.05) is 23.8 Å². The minimum atomic E-state index is -0.471. The number of aryl methyl sites for hydroxylation is 3. The van der Waals surface area contributed by atoms with Gasteiger partial charge in [-0.25, -0.2) is 8.78 Å². The van der Waals surface area contributed by atoms with Gasteiger partial charge in [-0.15, -0.1) is 0 Å². The number of carbonyl (C=O) groups is 1. The summed E-state index contributed by atoms with van der Waals surface area (Å²) < 4.78 is 34.2. The van der Waals surface area contributed by atoms with Crippen molar-refractivity contribution in [2.24, 2.45) is 0 Å². The molecule has 2 N–H and O–H groups in total. The number of fused-ring (bicyclic) bond motifs is 1. The van der Waals surface area contributed by atoms with Gasteiger partial charge in [-0.2, -0.15) is 0 Å². The van der Waals surface area contributed by atoms with E-state index in [2.05, 4.69) is 10.3 Å². The number of hydrogen-bond donors (Lipinski definition) is 2. The molecule has 3 rings (SSSR count). The maximum Gasteiger partial charge on any atom is 0.257 e. The third-order valence-corrected chi connectivity index (χ3v) is 5.28. The highest BCUT2D eigenvalue weighted by Crippen LogP contribution is 2.28. The van der Waals surface area contributed by atoms with Crippen LogP contribution in [0, 0.1) is 32.4 Å². The minimum Gasteiger partial charge on any atom is -0.481 e. The van der Waals surface area contributed by atoms with Crippen molar-refractivity contribution in [3.05, 3.63) is 69.4 Å². The Labute approximate surface area is 181 Å². The zero-order valence-electron chi connectivity index (χ0n) is 18.6. The van der Waals surface area contributed by atoms with E-state index in [9.17, 15) is 13.6 Å². The number of allylic oxidation sites excluding steroid dienone is 1. The first kappa shape index (κ1) is 22.5. The van der Waals surface area contributed by atoms with E-state index < -0.39 is 5.82 Å². The van der Waals surface area contributed by atoms with Crippen molar-refractivity contribution < 1.29 is 18.3 Å². The molecular formula is C25H28F2N2O2. The molecule has 0 radical (unpaired) electrons. The average Bonchev–Trinajstić information content (AvgIpc) is 3.05. The van der Waals surface area contributed by atoms with Crippen LogP contribution in [-0.4, -0.2) is 24.0 Å². The molecule has 0 saturated heterocycles. The van der Waals surface area contributed by atoms with Crippen LogP contribution in [0.2, 0.25) is 0 Å². The summed E-state index contributed by atoms with van der Waals surface area (Å²) in [5.41, 5.74) is 5.56. The number of amides is 1. The molecule has 6 heteroatoms. The van der Waals surface area contributed by atoms with E-state index in [0.29, 0.717) is 24.0 Å². The lowest BCUT2D eigenvalue weighted by Crippen LogP contribution is -2.30. The van der Waals surface area contributed by atoms with Gasteiger partial charge in [0.25, 0.3) is 5.91 Å². The summed E-state index contributed by atoms with van der Waals surface area (Å²) in [4.78, 5) is 15.3. The Kier molecular flexibility index (Phi) is 6.78. The Bertz CT molecular complexity index is 1160. The maximum absolute atomic E-state index is 14.7. The summed E-state index contributed by atoms with van der Waals surface area (Å²) in [5.74, 6) is -1.06. The number of rotatable bonds is 7. The van der Waals surface area contributed by atoms with Crippen LogP contribution >= 0.6 is 0 Å². The van der Waals surface area contributed by atoms with E-state index in [1.807, 2.05) is 34.6 Å². The van der Waals surface area contributed by atoms with Crippen LogP contribution in [0.3, 0.4) is 0 Å². The maximum atomic E-state index is 14.7. The molecule has 1 heterocycles. The number of aromatic nitrogens is 1. The van der Waals surface area contributed by atoms with Crippen molar-refractivity contribution >= 4 is 22.9 Å². The number of carbonyl (C=O) groups excluding carboxylic acids is 1. The third-order valence-electron chi connectivity index (χ3n) is 5.28. The molecule has 164 valence electrons. The van der Waals surface area contributed by atoms with E-state index >= 15 is 0 Å². The van der Waals surface area contributed by atoms with Gasteiger partial charge < -0.3 is 15.0 Å². The highest BCUT2D eigenvalue weighted by Gasteiger charge is 2.15. The van der Waals surface area contributed by atoms with Crippen molar-refractivity contribution in [1.82, 2.24) is 10.3 Å². The highest BCUT2D eigenvalue weighted by molar-refractivity contribution is 5.88. The number of hydrogen-bond acceptors (Lipinski definition) is 2. The largest absolute Gasteiger partial charge is 0.481 e. The summed E-state index contributed by atoms with van der Waals surface area (Å²) >= 11 is 0. The van der Waals surface area contributed by atoms with Crippen LogP contribution in [0.5, 0.6) is 5.75 Å². The van der Waals surface area contributed by atoms with Crippen LogP contribution in [0.15, 0.2) is 29.8 Å². The number of nitrogens with one attached hydrogen (secondary N) is 2. The second-order valence-corrected chi connectivity index (χ2v) is 8.06. The topological polar surface area (TPSA) is 54.1 Å². The second-order valence-electron chi connectivity index (χ2n) is 8.06. The molecule has 0 aliphatic carbocycles. The summed E-state index contributed by atoms with van der Waals surface area (Å²) in [6.45, 7) is 9.53. The monoisotopic (exact) mass is 426 g/mol. The van der Waals surface area contributed by atoms with Crippen LogP contribution in [0.4, 0.5) is 8.78 Å². The van der Waals surface area contributed by atoms with Gasteiger partial charge >= 0.3 is 0 Å². The van der Waals surface area contributed by atoms with Gasteiger partial charge in [0.15, 0.2) is 18.2 Å². The molecule has 0 aliphatic rings. The van der Waals surface area contributed by atoms with Gasteiger partial charge in [0.2, 0.25) is 0 Å². The molecule has 0 saturated carbocycles. The fourth-order valence-electron chi connectivity index (χ4n) is 3.72. The molecule has 4 nitrogen and oxygen atoms in total. The summed E-state index contributed by atoms with van der Waals surface area (Å²) in [5, 5.41) is 3.65. The van der Waals surface area contributed by atoms with Gasteiger partial charge in [0.05, 0.1) is 5.52 Å². The first-order valence-corrected chi connectivity index (χ1v) is 10.3. The summed E-state index contributed by atoms with van der Waals surface area (Å²) in [6.07, 6.45) is 2.30. The predicted molar refractivity (Wildman–Crippen MR) is 120 cm³/mol. The number of H-pyrrole nitrogens is 1. The third kappa shape index (κ3) is 4.95. The van der Waals surface area contributed by atoms with Gasteiger partial charge in [-0.3, -0.25) is 4.79 Å². The molecule has 1 amide bonds. The fourth-order valence-corrected chi connectivity index (χ4v) is 3.72. The van der Waals surface area contributed by atoms with Crippen LogP contribution in [0.25, 0.3) is 17.0 Å². The van der Waals surface area contributed by atoms with Gasteiger partial charge in [-0.05, 0) is 69.9 Å². The summed E-state index contributed by atoms with van der Waals surface area (Å²) in [7, 11) is 0. The summed E-state index contributed by atoms with van der Waals surface area (Å²) in [6, 6.07) is 6.50. The number of benzene rings is 2. The Morgan fingerprint density at radius 1 is 1.10 bits per heavy atom. The number of aromatic amines is 1. The lowest BCUT2D eigenvalue weighted by molar-refractivity contribution is -0.123. The second kappa shape index (κ2) is 9.33. The molecule has 31 heavy (non-hydrogen) atoms. The Hall–Kier alpha value is -3.15. The van der Waals surface area contributed by atoms with Gasteiger partial charge in [0, 0.05) is 23.2 Å². The standard InChI is InChI=1S/C25H28F2N2O2/c1-14(2)12-19-15(3)7-9-21(24(19)27)31-13-22(30)28-11-10-18-17(5)29-25-20(26)8-6-16(4)23(18)25/h6-9,12,29H,10-11,13H2,1-5H3,(H,28,30). The number of halogens is 2. The van der Waals surface area contributed by atoms with Crippen molar-refractivity contribution in [3.8, 4) is 5.75 Å². The SMILES string of the molecule is CC(C)=Cc1c(C)ccc(OCC(=O)NCCc2c(C)[nH]c3c(F)ccc(C)c23)c1F. The predicted octanol–water partition coefficient (Wildman–Crippen LogP) is 5.53. The minimum absolute atomic E-state index is 0.0480. The van der Waals surface area contributed by atoms with E-state index in [4.69, 9.17) is 4.74 Å². The van der Waals surface area contributed by atoms with Crippen molar-refractivity contribution in [3.63, 3.8) is 0 Å². The molecular weight excluding hydrogens is 398 g/mol. The number of ether oxygens (including phenoxy) is 1. The van der Waals surface area contributed by atoms with Crippen LogP contribution in [-0.2, 0) is 11.2 Å². The molecule has 2 aromatic carbocycles. The molecule has 3 aromatic rings. The molecule has 0 spiro atoms. The highest BCUT2D eigenvalue weighted by atomic mass is 19.1. The Morgan fingerprint density at radius 3 is 2.52 bits per heavy atom. The average molecular weight is 427 g/mol. The normalized spacial score (nSPS) is 10.9. The Balaban J connectivity index is 1.61. The zero-order valence-corrected chi connectivity index (χ0v) is 18.6. The van der Waals surface area contributed by atoms with E-state index in [-0.39, 0.29) is 24.1 Å². The van der Waals surface area contributed by atoms with Crippen LogP contribution < -0.4 is 10.1 Å². The lowest BCUT2D eigenvalue weighted by atomic mass is 10.0. The molecule has 0 bridgehead atoms. The van der Waals surface area contributed by atoms with E-state index in [1.165, 1.54) is 12.1 Å². The molecule has 0 aliphatic heterocycles. The van der Waals surface area contributed by atoms with Crippen LogP contribution in [0.1, 0.15) is 41.8 Å². The van der Waals surface area contributed by atoms with Crippen molar-refractivity contribution in [1.29, 1.82) is 0 Å². The fraction of sp³-hybridized carbons (Fsp3) is 0.320. The molecule has 0 unspecified atom stereocenters. The first-order chi connectivity index (χ1) is 14.7. The molecule has 0 atom stereocenters. The zero-order chi connectivity index (χ0) is 22.7. The van der Waals surface area contributed by atoms with E-state index in [1.54, 1.807) is 18.2 Å². The quantitative estimate of drug-likeness (QED) is 0.522. The van der Waals surface area contributed by atoms with E-state index in [0.717, 1.165) is 33.3 Å². The van der Waals surface area contributed by atoms with Crippen molar-refractivity contribution in [2.75, 3.05) is 13.2 Å². The lowest BCUT2D eigenvalue weighted by Gasteiger charge is -2.11.